The first-order valence-corrected chi connectivity index (χ1v) is 8.60. The molecule has 0 aliphatic carbocycles. The van der Waals surface area contributed by atoms with E-state index in [1.165, 1.54) is 0 Å². The zero-order chi connectivity index (χ0) is 16.4. The van der Waals surface area contributed by atoms with Crippen molar-refractivity contribution in [2.24, 2.45) is 0 Å². The molecule has 2 heterocycles. The van der Waals surface area contributed by atoms with Crippen molar-refractivity contribution in [2.75, 3.05) is 12.4 Å². The van der Waals surface area contributed by atoms with Crippen LogP contribution in [0.3, 0.4) is 0 Å². The molecule has 3 amide bonds. The van der Waals surface area contributed by atoms with Gasteiger partial charge in [0.1, 0.15) is 6.04 Å². The number of carbonyl (C=O) groups is 3. The number of aliphatic hydroxyl groups is 1. The van der Waals surface area contributed by atoms with Crippen LogP contribution >= 0.6 is 11.8 Å². The van der Waals surface area contributed by atoms with E-state index in [1.807, 2.05) is 12.1 Å². The summed E-state index contributed by atoms with van der Waals surface area (Å²) < 4.78 is 0. The van der Waals surface area contributed by atoms with E-state index in [1.54, 1.807) is 22.7 Å². The van der Waals surface area contributed by atoms with Crippen molar-refractivity contribution in [3.63, 3.8) is 0 Å². The molecule has 0 bridgehead atoms. The van der Waals surface area contributed by atoms with Gasteiger partial charge in [0.25, 0.3) is 5.91 Å². The molecule has 2 N–H and O–H groups in total. The number of rotatable bonds is 5. The molecule has 0 saturated carbocycles. The quantitative estimate of drug-likeness (QED) is 0.475. The van der Waals surface area contributed by atoms with Gasteiger partial charge in [-0.25, -0.2) is 0 Å². The van der Waals surface area contributed by atoms with Crippen LogP contribution in [0.2, 0.25) is 0 Å². The van der Waals surface area contributed by atoms with Gasteiger partial charge in [-0.2, -0.15) is 0 Å². The number of thioether (sulfide) groups is 1. The van der Waals surface area contributed by atoms with Crippen molar-refractivity contribution in [2.45, 2.75) is 36.7 Å². The lowest BCUT2D eigenvalue weighted by Gasteiger charge is -2.29. The second-order valence-electron chi connectivity index (χ2n) is 5.61. The highest BCUT2D eigenvalue weighted by Crippen LogP contribution is 2.34. The van der Waals surface area contributed by atoms with Crippen molar-refractivity contribution >= 4 is 29.5 Å². The molecule has 0 radical (unpaired) electrons. The fourth-order valence-electron chi connectivity index (χ4n) is 2.94. The van der Waals surface area contributed by atoms with Gasteiger partial charge in [-0.05, 0) is 30.5 Å². The number of carbonyl (C=O) groups excluding carboxylic acids is 3. The summed E-state index contributed by atoms with van der Waals surface area (Å²) in [7, 11) is 0. The number of benzene rings is 1. The first-order valence-electron chi connectivity index (χ1n) is 7.62. The van der Waals surface area contributed by atoms with Gasteiger partial charge in [0.2, 0.25) is 11.8 Å². The zero-order valence-electron chi connectivity index (χ0n) is 12.6. The Balaban J connectivity index is 1.80. The Morgan fingerprint density at radius 3 is 2.87 bits per heavy atom. The number of hydrogen-bond donors (Lipinski definition) is 2. The summed E-state index contributed by atoms with van der Waals surface area (Å²) in [6, 6.07) is 5.00. The summed E-state index contributed by atoms with van der Waals surface area (Å²) in [6.07, 6.45) is 1.32. The molecule has 1 atom stereocenters. The Kier molecular flexibility index (Phi) is 4.68. The highest BCUT2D eigenvalue weighted by atomic mass is 32.2. The van der Waals surface area contributed by atoms with Crippen LogP contribution in [-0.4, -0.2) is 46.1 Å². The standard InChI is InChI=1S/C16H18N2O4S/c19-7-2-8-23-13-4-1-3-10-11(13)9-18(16(10)22)12-5-6-14(20)17-15(12)21/h1,3-4,12,19H,2,5-9H2,(H,17,20,21). The number of imide groups is 1. The second-order valence-corrected chi connectivity index (χ2v) is 6.74. The molecule has 6 nitrogen and oxygen atoms in total. The van der Waals surface area contributed by atoms with Crippen molar-refractivity contribution in [1.82, 2.24) is 10.2 Å². The molecule has 2 aliphatic rings. The van der Waals surface area contributed by atoms with E-state index >= 15 is 0 Å². The molecule has 122 valence electrons. The Morgan fingerprint density at radius 1 is 1.30 bits per heavy atom. The number of hydrogen-bond acceptors (Lipinski definition) is 5. The van der Waals surface area contributed by atoms with E-state index in [-0.39, 0.29) is 24.8 Å². The average molecular weight is 334 g/mol. The Bertz CT molecular complexity index is 661. The van der Waals surface area contributed by atoms with Crippen LogP contribution in [0.25, 0.3) is 0 Å². The summed E-state index contributed by atoms with van der Waals surface area (Å²) in [4.78, 5) is 38.5. The molecular weight excluding hydrogens is 316 g/mol. The van der Waals surface area contributed by atoms with Crippen LogP contribution in [0.1, 0.15) is 35.2 Å². The van der Waals surface area contributed by atoms with E-state index in [9.17, 15) is 14.4 Å². The van der Waals surface area contributed by atoms with E-state index in [0.717, 1.165) is 16.2 Å². The highest BCUT2D eigenvalue weighted by Gasteiger charge is 2.39. The SMILES string of the molecule is O=C1CCC(N2Cc3c(SCCCO)cccc3C2=O)C(=O)N1. The number of piperidine rings is 1. The van der Waals surface area contributed by atoms with Gasteiger partial charge in [0.05, 0.1) is 0 Å². The zero-order valence-corrected chi connectivity index (χ0v) is 13.4. The topological polar surface area (TPSA) is 86.7 Å². The lowest BCUT2D eigenvalue weighted by Crippen LogP contribution is -2.52. The van der Waals surface area contributed by atoms with Crippen LogP contribution in [-0.2, 0) is 16.1 Å². The summed E-state index contributed by atoms with van der Waals surface area (Å²) in [5, 5.41) is 11.2. The Morgan fingerprint density at radius 2 is 2.13 bits per heavy atom. The van der Waals surface area contributed by atoms with Gasteiger partial charge < -0.3 is 10.0 Å². The molecule has 0 aromatic heterocycles. The van der Waals surface area contributed by atoms with Crippen LogP contribution in [0.15, 0.2) is 23.1 Å². The maximum atomic E-state index is 12.6. The van der Waals surface area contributed by atoms with Crippen LogP contribution in [0, 0.1) is 0 Å². The van der Waals surface area contributed by atoms with Crippen LogP contribution < -0.4 is 5.32 Å². The largest absolute Gasteiger partial charge is 0.396 e. The van der Waals surface area contributed by atoms with Gasteiger partial charge in [-0.3, -0.25) is 19.7 Å². The molecule has 1 aromatic carbocycles. The first kappa shape index (κ1) is 16.0. The highest BCUT2D eigenvalue weighted by molar-refractivity contribution is 7.99. The van der Waals surface area contributed by atoms with Gasteiger partial charge in [0, 0.05) is 35.8 Å². The third-order valence-corrected chi connectivity index (χ3v) is 5.29. The predicted octanol–water partition coefficient (Wildman–Crippen LogP) is 0.922. The normalized spacial score (nSPS) is 20.7. The monoisotopic (exact) mass is 334 g/mol. The van der Waals surface area contributed by atoms with Gasteiger partial charge in [-0.1, -0.05) is 6.07 Å². The Labute approximate surface area is 138 Å². The minimum Gasteiger partial charge on any atom is -0.396 e. The smallest absolute Gasteiger partial charge is 0.255 e. The van der Waals surface area contributed by atoms with E-state index in [4.69, 9.17) is 5.11 Å². The third-order valence-electron chi connectivity index (χ3n) is 4.10. The van der Waals surface area contributed by atoms with Crippen LogP contribution in [0.5, 0.6) is 0 Å². The van der Waals surface area contributed by atoms with Crippen molar-refractivity contribution < 1.29 is 19.5 Å². The summed E-state index contributed by atoms with van der Waals surface area (Å²) in [6.45, 7) is 0.534. The molecule has 0 spiro atoms. The van der Waals surface area contributed by atoms with E-state index in [2.05, 4.69) is 5.32 Å². The molecule has 1 aromatic rings. The number of fused-ring (bicyclic) bond motifs is 1. The molecular formula is C16H18N2O4S. The third kappa shape index (κ3) is 3.11. The summed E-state index contributed by atoms with van der Waals surface area (Å²) >= 11 is 1.61. The fraction of sp³-hybridized carbons (Fsp3) is 0.438. The molecule has 23 heavy (non-hydrogen) atoms. The summed E-state index contributed by atoms with van der Waals surface area (Å²) in [5.74, 6) is -0.0498. The number of nitrogens with one attached hydrogen (secondary N) is 1. The Hall–Kier alpha value is -1.86. The first-order chi connectivity index (χ1) is 11.1. The number of aliphatic hydroxyl groups excluding tert-OH is 1. The predicted molar refractivity (Wildman–Crippen MR) is 84.9 cm³/mol. The van der Waals surface area contributed by atoms with Crippen molar-refractivity contribution in [1.29, 1.82) is 0 Å². The van der Waals surface area contributed by atoms with E-state index < -0.39 is 11.9 Å². The average Bonchev–Trinajstić information content (AvgIpc) is 2.86. The van der Waals surface area contributed by atoms with Gasteiger partial charge in [0.15, 0.2) is 0 Å². The lowest BCUT2D eigenvalue weighted by atomic mass is 10.0. The lowest BCUT2D eigenvalue weighted by molar-refractivity contribution is -0.136. The molecule has 7 heteroatoms. The molecule has 1 unspecified atom stereocenters. The molecule has 1 saturated heterocycles. The van der Waals surface area contributed by atoms with Crippen LogP contribution in [0.4, 0.5) is 0 Å². The molecule has 3 rings (SSSR count). The maximum Gasteiger partial charge on any atom is 0.255 e. The van der Waals surface area contributed by atoms with Gasteiger partial charge >= 0.3 is 0 Å². The maximum absolute atomic E-state index is 12.6. The summed E-state index contributed by atoms with van der Waals surface area (Å²) in [5.41, 5.74) is 1.56. The van der Waals surface area contributed by atoms with E-state index in [0.29, 0.717) is 24.9 Å². The van der Waals surface area contributed by atoms with Crippen molar-refractivity contribution in [3.05, 3.63) is 29.3 Å². The fourth-order valence-corrected chi connectivity index (χ4v) is 3.96. The van der Waals surface area contributed by atoms with Gasteiger partial charge in [-0.15, -0.1) is 11.8 Å². The molecule has 1 fully saturated rings. The minimum absolute atomic E-state index is 0.142. The number of nitrogens with zero attached hydrogens (tertiary/aromatic N) is 1. The number of amides is 3. The molecule has 2 aliphatic heterocycles. The minimum atomic E-state index is -0.581. The second kappa shape index (κ2) is 6.72. The van der Waals surface area contributed by atoms with Crippen molar-refractivity contribution in [3.8, 4) is 0 Å².